The number of benzene rings is 1. The lowest BCUT2D eigenvalue weighted by molar-refractivity contribution is 0.0412. The van der Waals surface area contributed by atoms with Gasteiger partial charge in [-0.05, 0) is 6.07 Å². The lowest BCUT2D eigenvalue weighted by atomic mass is 10.0. The van der Waals surface area contributed by atoms with Gasteiger partial charge in [0.05, 0.1) is 30.9 Å². The molecule has 8 heteroatoms. The lowest BCUT2D eigenvalue weighted by Crippen LogP contribution is -2.54. The molecule has 0 aliphatic heterocycles. The van der Waals surface area contributed by atoms with Crippen molar-refractivity contribution in [3.63, 3.8) is 0 Å². The fraction of sp³-hybridized carbons (Fsp3) is 0.417. The van der Waals surface area contributed by atoms with E-state index in [4.69, 9.17) is 26.3 Å². The number of nitrogens with one attached hydrogen (secondary N) is 1. The first kappa shape index (κ1) is 16.3. The van der Waals surface area contributed by atoms with Gasteiger partial charge < -0.3 is 31.6 Å². The molecule has 1 aromatic rings. The Morgan fingerprint density at radius 1 is 1.25 bits per heavy atom. The van der Waals surface area contributed by atoms with Crippen molar-refractivity contribution in [2.45, 2.75) is 12.1 Å². The molecule has 0 unspecified atom stereocenters. The Morgan fingerprint density at radius 3 is 2.35 bits per heavy atom. The van der Waals surface area contributed by atoms with Crippen molar-refractivity contribution < 1.29 is 24.9 Å². The molecule has 0 aromatic heterocycles. The summed E-state index contributed by atoms with van der Waals surface area (Å²) in [6, 6.07) is 4.34. The summed E-state index contributed by atoms with van der Waals surface area (Å²) in [5, 5.41) is 41.4. The van der Waals surface area contributed by atoms with Crippen LogP contribution in [0.2, 0.25) is 0 Å². The number of aliphatic hydroxyl groups excluding tert-OH is 3. The molecule has 0 saturated heterocycles. The van der Waals surface area contributed by atoms with Gasteiger partial charge in [0, 0.05) is 12.1 Å². The van der Waals surface area contributed by atoms with E-state index in [1.807, 2.05) is 0 Å². The molecule has 0 aliphatic carbocycles. The number of rotatable bonds is 7. The van der Waals surface area contributed by atoms with Crippen LogP contribution in [-0.4, -0.2) is 51.7 Å². The van der Waals surface area contributed by atoms with Gasteiger partial charge in [-0.3, -0.25) is 0 Å². The van der Waals surface area contributed by atoms with Gasteiger partial charge >= 0.3 is 0 Å². The van der Waals surface area contributed by atoms with E-state index in [2.05, 4.69) is 10.5 Å². The fourth-order valence-corrected chi connectivity index (χ4v) is 1.57. The molecule has 0 bridgehead atoms. The number of hydrogen-bond donors (Lipinski definition) is 6. The standard InChI is InChI=1S/C12H18FN3O4/c13-10-8(2-1-3-9(10)11(14)16-20)4-15-12(5-17,6-18)7-19/h1-3,15,17-20H,4-7H2,(H2,14,16). The molecule has 7 nitrogen and oxygen atoms in total. The summed E-state index contributed by atoms with van der Waals surface area (Å²) >= 11 is 0. The van der Waals surface area contributed by atoms with Crippen LogP contribution in [0, 0.1) is 5.82 Å². The van der Waals surface area contributed by atoms with Crippen LogP contribution in [0.15, 0.2) is 23.4 Å². The van der Waals surface area contributed by atoms with Gasteiger partial charge in [0.1, 0.15) is 5.82 Å². The van der Waals surface area contributed by atoms with Crippen molar-refractivity contribution >= 4 is 5.84 Å². The Labute approximate surface area is 115 Å². The van der Waals surface area contributed by atoms with E-state index in [0.29, 0.717) is 0 Å². The summed E-state index contributed by atoms with van der Waals surface area (Å²) in [5.41, 5.74) is 4.17. The number of hydrogen-bond acceptors (Lipinski definition) is 6. The summed E-state index contributed by atoms with van der Waals surface area (Å²) in [5.74, 6) is -1.04. The average Bonchev–Trinajstić information content (AvgIpc) is 2.49. The number of nitrogens with two attached hydrogens (primary N) is 1. The minimum atomic E-state index is -1.31. The molecule has 0 heterocycles. The van der Waals surface area contributed by atoms with Crippen molar-refractivity contribution in [1.82, 2.24) is 5.32 Å². The maximum atomic E-state index is 14.1. The Balaban J connectivity index is 2.94. The van der Waals surface area contributed by atoms with Crippen molar-refractivity contribution in [3.05, 3.63) is 35.1 Å². The SMILES string of the molecule is N/C(=N/O)c1cccc(CNC(CO)(CO)CO)c1F. The average molecular weight is 287 g/mol. The summed E-state index contributed by atoms with van der Waals surface area (Å²) < 4.78 is 14.1. The van der Waals surface area contributed by atoms with Crippen molar-refractivity contribution in [2.75, 3.05) is 19.8 Å². The van der Waals surface area contributed by atoms with Crippen LogP contribution in [0.4, 0.5) is 4.39 Å². The predicted molar refractivity (Wildman–Crippen MR) is 69.7 cm³/mol. The van der Waals surface area contributed by atoms with E-state index in [1.54, 1.807) is 0 Å². The molecule has 0 amide bonds. The Kier molecular flexibility index (Phi) is 5.83. The van der Waals surface area contributed by atoms with Crippen LogP contribution in [0.5, 0.6) is 0 Å². The number of oxime groups is 1. The second-order valence-electron chi connectivity index (χ2n) is 4.37. The lowest BCUT2D eigenvalue weighted by Gasteiger charge is -2.29. The van der Waals surface area contributed by atoms with Crippen LogP contribution in [0.3, 0.4) is 0 Å². The minimum Gasteiger partial charge on any atom is -0.409 e. The van der Waals surface area contributed by atoms with E-state index >= 15 is 0 Å². The maximum Gasteiger partial charge on any atom is 0.173 e. The van der Waals surface area contributed by atoms with Crippen LogP contribution in [0.25, 0.3) is 0 Å². The second-order valence-corrected chi connectivity index (χ2v) is 4.37. The molecule has 20 heavy (non-hydrogen) atoms. The van der Waals surface area contributed by atoms with Crippen LogP contribution in [-0.2, 0) is 6.54 Å². The minimum absolute atomic E-state index is 0.0555. The molecule has 0 fully saturated rings. The third kappa shape index (κ3) is 3.42. The highest BCUT2D eigenvalue weighted by Gasteiger charge is 2.27. The van der Waals surface area contributed by atoms with E-state index < -0.39 is 31.2 Å². The highest BCUT2D eigenvalue weighted by Crippen LogP contribution is 2.14. The molecule has 0 radical (unpaired) electrons. The fourth-order valence-electron chi connectivity index (χ4n) is 1.57. The quantitative estimate of drug-likeness (QED) is 0.160. The Hall–Kier alpha value is -1.74. The largest absolute Gasteiger partial charge is 0.409 e. The number of halogens is 1. The van der Waals surface area contributed by atoms with E-state index in [9.17, 15) is 4.39 Å². The first-order chi connectivity index (χ1) is 9.53. The molecule has 1 aromatic carbocycles. The first-order valence-corrected chi connectivity index (χ1v) is 5.86. The number of nitrogens with zero attached hydrogens (tertiary/aromatic N) is 1. The molecule has 0 spiro atoms. The zero-order valence-corrected chi connectivity index (χ0v) is 10.8. The van der Waals surface area contributed by atoms with Crippen molar-refractivity contribution in [2.24, 2.45) is 10.9 Å². The summed E-state index contributed by atoms with van der Waals surface area (Å²) in [4.78, 5) is 0. The van der Waals surface area contributed by atoms with Gasteiger partial charge in [-0.15, -0.1) is 0 Å². The van der Waals surface area contributed by atoms with Gasteiger partial charge in [0.25, 0.3) is 0 Å². The smallest absolute Gasteiger partial charge is 0.173 e. The molecule has 112 valence electrons. The van der Waals surface area contributed by atoms with Crippen LogP contribution >= 0.6 is 0 Å². The van der Waals surface area contributed by atoms with Crippen LogP contribution < -0.4 is 11.1 Å². The first-order valence-electron chi connectivity index (χ1n) is 5.86. The topological polar surface area (TPSA) is 131 Å². The molecule has 0 aliphatic rings. The zero-order chi connectivity index (χ0) is 15.2. The van der Waals surface area contributed by atoms with Gasteiger partial charge in [0.15, 0.2) is 5.84 Å². The zero-order valence-electron chi connectivity index (χ0n) is 10.8. The summed E-state index contributed by atoms with van der Waals surface area (Å²) in [6.45, 7) is -1.59. The highest BCUT2D eigenvalue weighted by atomic mass is 19.1. The number of aliphatic hydroxyl groups is 3. The highest BCUT2D eigenvalue weighted by molar-refractivity contribution is 5.97. The molecular formula is C12H18FN3O4. The summed E-state index contributed by atoms with van der Waals surface area (Å²) in [7, 11) is 0. The Bertz CT molecular complexity index is 470. The number of amidine groups is 1. The van der Waals surface area contributed by atoms with E-state index in [1.165, 1.54) is 18.2 Å². The monoisotopic (exact) mass is 287 g/mol. The Morgan fingerprint density at radius 2 is 1.85 bits per heavy atom. The molecule has 1 rings (SSSR count). The summed E-state index contributed by atoms with van der Waals surface area (Å²) in [6.07, 6.45) is 0. The van der Waals surface area contributed by atoms with E-state index in [0.717, 1.165) is 0 Å². The normalized spacial score (nSPS) is 12.7. The molecular weight excluding hydrogens is 269 g/mol. The van der Waals surface area contributed by atoms with Crippen molar-refractivity contribution in [1.29, 1.82) is 0 Å². The molecule has 0 saturated carbocycles. The third-order valence-corrected chi connectivity index (χ3v) is 3.02. The third-order valence-electron chi connectivity index (χ3n) is 3.02. The van der Waals surface area contributed by atoms with Gasteiger partial charge in [0.2, 0.25) is 0 Å². The van der Waals surface area contributed by atoms with Crippen molar-refractivity contribution in [3.8, 4) is 0 Å². The molecule has 7 N–H and O–H groups in total. The second kappa shape index (κ2) is 7.15. The molecule has 0 atom stereocenters. The van der Waals surface area contributed by atoms with E-state index in [-0.39, 0.29) is 23.5 Å². The van der Waals surface area contributed by atoms with Crippen LogP contribution in [0.1, 0.15) is 11.1 Å². The maximum absolute atomic E-state index is 14.1. The van der Waals surface area contributed by atoms with Gasteiger partial charge in [-0.1, -0.05) is 17.3 Å². The van der Waals surface area contributed by atoms with Gasteiger partial charge in [-0.25, -0.2) is 4.39 Å². The van der Waals surface area contributed by atoms with Gasteiger partial charge in [-0.2, -0.15) is 0 Å². The predicted octanol–water partition coefficient (Wildman–Crippen LogP) is -1.27.